The van der Waals surface area contributed by atoms with Crippen LogP contribution in [-0.4, -0.2) is 63.5 Å². The summed E-state index contributed by atoms with van der Waals surface area (Å²) in [4.78, 5) is 30.7. The third-order valence-electron chi connectivity index (χ3n) is 5.34. The summed E-state index contributed by atoms with van der Waals surface area (Å²) in [5.41, 5.74) is 3.62. The highest BCUT2D eigenvalue weighted by Gasteiger charge is 2.24. The second kappa shape index (κ2) is 13.1. The first kappa shape index (κ1) is 26.6. The van der Waals surface area contributed by atoms with Gasteiger partial charge in [0.15, 0.2) is 5.96 Å². The maximum Gasteiger partial charge on any atom is 0.251 e. The lowest BCUT2D eigenvalue weighted by Crippen LogP contribution is -2.40. The van der Waals surface area contributed by atoms with Crippen molar-refractivity contribution in [3.8, 4) is 0 Å². The summed E-state index contributed by atoms with van der Waals surface area (Å²) in [6.45, 7) is 2.52. The van der Waals surface area contributed by atoms with Gasteiger partial charge in [-0.3, -0.25) is 14.6 Å². The topological polar surface area (TPSA) is 97.9 Å². The van der Waals surface area contributed by atoms with Crippen molar-refractivity contribution in [1.82, 2.24) is 20.9 Å². The summed E-state index contributed by atoms with van der Waals surface area (Å²) in [7, 11) is 5.66. The van der Waals surface area contributed by atoms with Crippen LogP contribution in [0.25, 0.3) is 0 Å². The van der Waals surface area contributed by atoms with Gasteiger partial charge in [0.05, 0.1) is 0 Å². The molecule has 0 spiro atoms. The van der Waals surface area contributed by atoms with E-state index in [4.69, 9.17) is 0 Å². The van der Waals surface area contributed by atoms with Crippen molar-refractivity contribution in [3.05, 3.63) is 65.2 Å². The Balaban J connectivity index is 0.00000385. The highest BCUT2D eigenvalue weighted by molar-refractivity contribution is 14.0. The first-order chi connectivity index (χ1) is 15.5. The van der Waals surface area contributed by atoms with E-state index < -0.39 is 0 Å². The lowest BCUT2D eigenvalue weighted by molar-refractivity contribution is -0.116. The zero-order valence-electron chi connectivity index (χ0n) is 19.4. The summed E-state index contributed by atoms with van der Waals surface area (Å²) >= 11 is 0. The molecule has 3 rings (SSSR count). The van der Waals surface area contributed by atoms with Gasteiger partial charge < -0.3 is 26.2 Å². The molecule has 1 aliphatic heterocycles. The number of fused-ring (bicyclic) bond motifs is 1. The van der Waals surface area contributed by atoms with E-state index >= 15 is 0 Å². The third kappa shape index (κ3) is 8.01. The Labute approximate surface area is 212 Å². The minimum atomic E-state index is -0.0783. The number of nitrogens with one attached hydrogen (secondary N) is 4. The van der Waals surface area contributed by atoms with E-state index in [1.54, 1.807) is 7.05 Å². The number of rotatable bonds is 8. The fourth-order valence-electron chi connectivity index (χ4n) is 3.63. The molecule has 0 bridgehead atoms. The van der Waals surface area contributed by atoms with Crippen LogP contribution in [0, 0.1) is 0 Å². The molecule has 0 saturated carbocycles. The molecule has 0 aliphatic carbocycles. The zero-order chi connectivity index (χ0) is 22.9. The largest absolute Gasteiger partial charge is 0.356 e. The average molecular weight is 564 g/mol. The van der Waals surface area contributed by atoms with Gasteiger partial charge in [0.1, 0.15) is 0 Å². The zero-order valence-corrected chi connectivity index (χ0v) is 21.7. The molecule has 1 unspecified atom stereocenters. The van der Waals surface area contributed by atoms with Crippen LogP contribution in [0.5, 0.6) is 0 Å². The number of carbonyl (C=O) groups is 2. The molecule has 0 saturated heterocycles. The van der Waals surface area contributed by atoms with Gasteiger partial charge in [0.25, 0.3) is 5.91 Å². The van der Waals surface area contributed by atoms with Crippen molar-refractivity contribution >= 4 is 47.4 Å². The fourth-order valence-corrected chi connectivity index (χ4v) is 3.63. The van der Waals surface area contributed by atoms with Gasteiger partial charge in [-0.2, -0.15) is 0 Å². The van der Waals surface area contributed by atoms with E-state index in [-0.39, 0.29) is 41.7 Å². The van der Waals surface area contributed by atoms with Gasteiger partial charge in [-0.05, 0) is 43.4 Å². The molecule has 178 valence electrons. The van der Waals surface area contributed by atoms with Gasteiger partial charge >= 0.3 is 0 Å². The number of hydrogen-bond acceptors (Lipinski definition) is 4. The first-order valence-corrected chi connectivity index (χ1v) is 10.8. The van der Waals surface area contributed by atoms with Crippen LogP contribution in [-0.2, 0) is 11.3 Å². The summed E-state index contributed by atoms with van der Waals surface area (Å²) in [6, 6.07) is 15.4. The molecular weight excluding hydrogens is 531 g/mol. The minimum Gasteiger partial charge on any atom is -0.356 e. The molecule has 0 fully saturated rings. The second-order valence-corrected chi connectivity index (χ2v) is 8.10. The number of carbonyl (C=O) groups excluding carboxylic acids is 2. The first-order valence-electron chi connectivity index (χ1n) is 10.8. The molecule has 2 aromatic carbocycles. The standard InChI is InChI=1S/C24H32N6O2.HI/c1-25-24(28-16-19-14-22(31)29-21-10-5-4-9-20(19)21)27-15-17-7-6-8-18(13-17)23(32)26-11-12-30(2)3;/h4-10,13,19H,11-12,14-16H2,1-3H3,(H,26,32)(H,29,31)(H2,25,27,28);1H. The van der Waals surface area contributed by atoms with Crippen molar-refractivity contribution in [3.63, 3.8) is 0 Å². The van der Waals surface area contributed by atoms with Gasteiger partial charge in [-0.15, -0.1) is 24.0 Å². The van der Waals surface area contributed by atoms with E-state index in [1.165, 1.54) is 0 Å². The highest BCUT2D eigenvalue weighted by Crippen LogP contribution is 2.31. The van der Waals surface area contributed by atoms with Gasteiger partial charge in [0.2, 0.25) is 5.91 Å². The lowest BCUT2D eigenvalue weighted by Gasteiger charge is -2.26. The number of halogens is 1. The van der Waals surface area contributed by atoms with E-state index in [0.29, 0.717) is 37.6 Å². The molecule has 0 aromatic heterocycles. The Morgan fingerprint density at radius 2 is 1.91 bits per heavy atom. The number of para-hydroxylation sites is 1. The summed E-state index contributed by atoms with van der Waals surface area (Å²) in [6.07, 6.45) is 0.436. The molecule has 33 heavy (non-hydrogen) atoms. The molecule has 1 aliphatic rings. The molecule has 1 heterocycles. The lowest BCUT2D eigenvalue weighted by atomic mass is 9.90. The van der Waals surface area contributed by atoms with E-state index in [0.717, 1.165) is 23.4 Å². The van der Waals surface area contributed by atoms with E-state index in [1.807, 2.05) is 67.5 Å². The molecule has 8 nitrogen and oxygen atoms in total. The van der Waals surface area contributed by atoms with Gasteiger partial charge in [0, 0.05) is 56.8 Å². The molecule has 2 amide bonds. The number of likely N-dealkylation sites (N-methyl/N-ethyl adjacent to an activating group) is 1. The number of guanidine groups is 1. The van der Waals surface area contributed by atoms with E-state index in [2.05, 4.69) is 26.3 Å². The third-order valence-corrected chi connectivity index (χ3v) is 5.34. The fraction of sp³-hybridized carbons (Fsp3) is 0.375. The van der Waals surface area contributed by atoms with Crippen LogP contribution < -0.4 is 21.3 Å². The molecule has 9 heteroatoms. The molecule has 1 atom stereocenters. The summed E-state index contributed by atoms with van der Waals surface area (Å²) in [5, 5.41) is 12.5. The average Bonchev–Trinajstić information content (AvgIpc) is 2.78. The Morgan fingerprint density at radius 1 is 1.12 bits per heavy atom. The predicted octanol–water partition coefficient (Wildman–Crippen LogP) is 2.39. The van der Waals surface area contributed by atoms with Crippen molar-refractivity contribution in [2.24, 2.45) is 4.99 Å². The van der Waals surface area contributed by atoms with Crippen LogP contribution in [0.4, 0.5) is 5.69 Å². The van der Waals surface area contributed by atoms with E-state index in [9.17, 15) is 9.59 Å². The quantitative estimate of drug-likeness (QED) is 0.224. The van der Waals surface area contributed by atoms with Crippen LogP contribution in [0.2, 0.25) is 0 Å². The number of aliphatic imine (C=N–C) groups is 1. The number of hydrogen-bond donors (Lipinski definition) is 4. The SMILES string of the molecule is CN=C(NCc1cccc(C(=O)NCCN(C)C)c1)NCC1CC(=O)Nc2ccccc21.I. The number of nitrogens with zero attached hydrogens (tertiary/aromatic N) is 2. The van der Waals surface area contributed by atoms with Crippen molar-refractivity contribution in [2.75, 3.05) is 46.1 Å². The molecular formula is C24H33IN6O2. The molecule has 4 N–H and O–H groups in total. The Morgan fingerprint density at radius 3 is 2.67 bits per heavy atom. The Hall–Kier alpha value is -2.66. The number of amides is 2. The smallest absolute Gasteiger partial charge is 0.251 e. The Kier molecular flexibility index (Phi) is 10.6. The molecule has 0 radical (unpaired) electrons. The van der Waals surface area contributed by atoms with Crippen molar-refractivity contribution in [1.29, 1.82) is 0 Å². The van der Waals surface area contributed by atoms with Crippen LogP contribution in [0.3, 0.4) is 0 Å². The maximum atomic E-state index is 12.4. The van der Waals surface area contributed by atoms with Gasteiger partial charge in [-0.25, -0.2) is 0 Å². The minimum absolute atomic E-state index is 0. The monoisotopic (exact) mass is 564 g/mol. The van der Waals surface area contributed by atoms with Crippen LogP contribution in [0.15, 0.2) is 53.5 Å². The highest BCUT2D eigenvalue weighted by atomic mass is 127. The second-order valence-electron chi connectivity index (χ2n) is 8.10. The van der Waals surface area contributed by atoms with Crippen molar-refractivity contribution < 1.29 is 9.59 Å². The van der Waals surface area contributed by atoms with Crippen LogP contribution in [0.1, 0.15) is 33.8 Å². The number of benzene rings is 2. The number of anilines is 1. The normalized spacial score (nSPS) is 15.2. The van der Waals surface area contributed by atoms with Gasteiger partial charge in [-0.1, -0.05) is 30.3 Å². The molecule has 2 aromatic rings. The summed E-state index contributed by atoms with van der Waals surface area (Å²) in [5.74, 6) is 0.673. The predicted molar refractivity (Wildman–Crippen MR) is 143 cm³/mol. The maximum absolute atomic E-state index is 12.4. The Bertz CT molecular complexity index is 979. The van der Waals surface area contributed by atoms with Crippen LogP contribution >= 0.6 is 24.0 Å². The van der Waals surface area contributed by atoms with Crippen molar-refractivity contribution in [2.45, 2.75) is 18.9 Å². The summed E-state index contributed by atoms with van der Waals surface area (Å²) < 4.78 is 0.